The first-order valence-electron chi connectivity index (χ1n) is 6.82. The molecular weight excluding hydrogens is 262 g/mol. The fraction of sp³-hybridized carbons (Fsp3) is 0.222. The lowest BCUT2D eigenvalue weighted by Crippen LogP contribution is -2.11. The van der Waals surface area contributed by atoms with Crippen molar-refractivity contribution >= 4 is 11.8 Å². The molecule has 1 aliphatic heterocycles. The highest BCUT2D eigenvalue weighted by Gasteiger charge is 2.09. The Bertz CT molecular complexity index is 570. The summed E-state index contributed by atoms with van der Waals surface area (Å²) in [5.41, 5.74) is 3.34. The lowest BCUT2D eigenvalue weighted by Gasteiger charge is -2.11. The van der Waals surface area contributed by atoms with Crippen molar-refractivity contribution in [3.05, 3.63) is 82.5 Å². The quantitative estimate of drug-likeness (QED) is 0.654. The summed E-state index contributed by atoms with van der Waals surface area (Å²) in [4.78, 5) is 2.00. The van der Waals surface area contributed by atoms with E-state index < -0.39 is 0 Å². The Labute approximate surface area is 126 Å². The first kappa shape index (κ1) is 14.7. The van der Waals surface area contributed by atoms with Gasteiger partial charge in [-0.1, -0.05) is 56.1 Å². The van der Waals surface area contributed by atoms with Crippen molar-refractivity contribution in [3.8, 4) is 0 Å². The number of rotatable bonds is 0. The summed E-state index contributed by atoms with van der Waals surface area (Å²) in [5, 5.41) is 3.46. The van der Waals surface area contributed by atoms with Crippen molar-refractivity contribution in [1.29, 1.82) is 0 Å². The molecule has 20 heavy (non-hydrogen) atoms. The van der Waals surface area contributed by atoms with E-state index in [1.807, 2.05) is 0 Å². The van der Waals surface area contributed by atoms with Crippen LogP contribution in [0.25, 0.3) is 0 Å². The molecule has 2 aliphatic rings. The van der Waals surface area contributed by atoms with Crippen LogP contribution in [0.2, 0.25) is 0 Å². The zero-order chi connectivity index (χ0) is 14.5. The van der Waals surface area contributed by atoms with E-state index in [1.165, 1.54) is 0 Å². The molecule has 0 aromatic carbocycles. The van der Waals surface area contributed by atoms with Gasteiger partial charge in [0.2, 0.25) is 0 Å². The van der Waals surface area contributed by atoms with Gasteiger partial charge in [-0.15, -0.1) is 0 Å². The molecule has 2 heteroatoms. The smallest absolute Gasteiger partial charge is 0.0455 e. The van der Waals surface area contributed by atoms with E-state index in [2.05, 4.69) is 74.9 Å². The summed E-state index contributed by atoms with van der Waals surface area (Å²) in [6, 6.07) is 0. The fourth-order valence-corrected chi connectivity index (χ4v) is 2.88. The predicted octanol–water partition coefficient (Wildman–Crippen LogP) is 5.22. The van der Waals surface area contributed by atoms with Gasteiger partial charge in [0.05, 0.1) is 0 Å². The lowest BCUT2D eigenvalue weighted by molar-refractivity contribution is 0.744. The van der Waals surface area contributed by atoms with E-state index in [-0.39, 0.29) is 0 Å². The SMILES string of the molecule is C=C1/C=C(\C)N/C2=C/C=C/CC(C)/C=C\C2=C/C(=C)S1. The van der Waals surface area contributed by atoms with E-state index in [0.717, 1.165) is 33.2 Å². The second-order valence-corrected chi connectivity index (χ2v) is 6.42. The van der Waals surface area contributed by atoms with Crippen LogP contribution in [0.1, 0.15) is 20.3 Å². The Kier molecular flexibility index (Phi) is 4.91. The van der Waals surface area contributed by atoms with E-state index in [1.54, 1.807) is 11.8 Å². The normalized spacial score (nSPS) is 34.7. The van der Waals surface area contributed by atoms with Crippen LogP contribution in [0.15, 0.2) is 82.5 Å². The van der Waals surface area contributed by atoms with E-state index in [0.29, 0.717) is 5.92 Å². The summed E-state index contributed by atoms with van der Waals surface area (Å²) in [6.07, 6.45) is 16.1. The highest BCUT2D eigenvalue weighted by atomic mass is 32.2. The van der Waals surface area contributed by atoms with E-state index in [9.17, 15) is 0 Å². The van der Waals surface area contributed by atoms with Gasteiger partial charge in [-0.25, -0.2) is 0 Å². The van der Waals surface area contributed by atoms with Crippen LogP contribution in [0, 0.1) is 5.92 Å². The third-order valence-electron chi connectivity index (χ3n) is 3.11. The fourth-order valence-electron chi connectivity index (χ4n) is 2.12. The standard InChI is InChI=1S/C18H21NS/c1-13-7-5-6-8-18-17(10-9-13)12-16(4)20-15(3)11-14(2)19-18/h5-6,8-13,19H,3-4,7H2,1-2H3/b6-5+,10-9-,14-11+,17-12+,18-8+. The minimum absolute atomic E-state index is 0.542. The van der Waals surface area contributed by atoms with E-state index >= 15 is 0 Å². The number of fused-ring (bicyclic) bond motifs is 1. The van der Waals surface area contributed by atoms with Gasteiger partial charge in [0.1, 0.15) is 0 Å². The van der Waals surface area contributed by atoms with Crippen molar-refractivity contribution < 1.29 is 0 Å². The minimum Gasteiger partial charge on any atom is -0.359 e. The first-order valence-corrected chi connectivity index (χ1v) is 7.64. The van der Waals surface area contributed by atoms with Gasteiger partial charge in [0, 0.05) is 21.2 Å². The molecule has 0 saturated carbocycles. The molecule has 2 rings (SSSR count). The molecule has 104 valence electrons. The molecule has 0 bridgehead atoms. The maximum Gasteiger partial charge on any atom is 0.0455 e. The summed E-state index contributed by atoms with van der Waals surface area (Å²) < 4.78 is 0. The molecule has 0 saturated heterocycles. The van der Waals surface area contributed by atoms with Gasteiger partial charge in [-0.3, -0.25) is 0 Å². The molecule has 1 atom stereocenters. The number of nitrogens with one attached hydrogen (secondary N) is 1. The Morgan fingerprint density at radius 3 is 2.80 bits per heavy atom. The Morgan fingerprint density at radius 2 is 2.00 bits per heavy atom. The predicted molar refractivity (Wildman–Crippen MR) is 91.0 cm³/mol. The van der Waals surface area contributed by atoms with Crippen LogP contribution < -0.4 is 5.32 Å². The second-order valence-electron chi connectivity index (χ2n) is 5.17. The largest absolute Gasteiger partial charge is 0.359 e. The molecule has 0 spiro atoms. The Hall–Kier alpha value is -1.67. The molecule has 1 aliphatic carbocycles. The average Bonchev–Trinajstić information content (AvgIpc) is 2.46. The molecule has 1 nitrogen and oxygen atoms in total. The summed E-state index contributed by atoms with van der Waals surface area (Å²) in [6.45, 7) is 12.4. The van der Waals surface area contributed by atoms with Crippen molar-refractivity contribution in [2.75, 3.05) is 0 Å². The molecule has 0 amide bonds. The van der Waals surface area contributed by atoms with Crippen molar-refractivity contribution in [1.82, 2.24) is 5.32 Å². The zero-order valence-electron chi connectivity index (χ0n) is 12.1. The summed E-state index contributed by atoms with van der Waals surface area (Å²) in [7, 11) is 0. The molecule has 1 unspecified atom stereocenters. The molecule has 0 aromatic heterocycles. The molecule has 0 fully saturated rings. The second kappa shape index (κ2) is 6.67. The number of hydrogen-bond acceptors (Lipinski definition) is 2. The number of allylic oxidation sites excluding steroid dienone is 8. The average molecular weight is 283 g/mol. The molecule has 0 radical (unpaired) electrons. The van der Waals surface area contributed by atoms with Crippen molar-refractivity contribution in [3.63, 3.8) is 0 Å². The van der Waals surface area contributed by atoms with Crippen LogP contribution in [0.3, 0.4) is 0 Å². The third-order valence-corrected chi connectivity index (χ3v) is 3.87. The molecular formula is C18H21NS. The number of hydrogen-bond donors (Lipinski definition) is 1. The van der Waals surface area contributed by atoms with Crippen molar-refractivity contribution in [2.45, 2.75) is 20.3 Å². The van der Waals surface area contributed by atoms with Crippen LogP contribution in [-0.2, 0) is 0 Å². The van der Waals surface area contributed by atoms with Gasteiger partial charge in [0.25, 0.3) is 0 Å². The highest BCUT2D eigenvalue weighted by molar-refractivity contribution is 8.07. The maximum absolute atomic E-state index is 4.11. The van der Waals surface area contributed by atoms with Gasteiger partial charge < -0.3 is 5.32 Å². The first-order chi connectivity index (χ1) is 9.54. The Morgan fingerprint density at radius 1 is 1.25 bits per heavy atom. The maximum atomic E-state index is 4.11. The third kappa shape index (κ3) is 4.17. The highest BCUT2D eigenvalue weighted by Crippen LogP contribution is 2.29. The monoisotopic (exact) mass is 283 g/mol. The van der Waals surface area contributed by atoms with Crippen LogP contribution >= 0.6 is 11.8 Å². The summed E-state index contributed by atoms with van der Waals surface area (Å²) >= 11 is 1.61. The van der Waals surface area contributed by atoms with Crippen molar-refractivity contribution in [2.24, 2.45) is 5.92 Å². The molecule has 0 aromatic rings. The van der Waals surface area contributed by atoms with Crippen LogP contribution in [0.5, 0.6) is 0 Å². The topological polar surface area (TPSA) is 12.0 Å². The van der Waals surface area contributed by atoms with Gasteiger partial charge in [-0.05, 0) is 43.1 Å². The van der Waals surface area contributed by atoms with Crippen LogP contribution in [-0.4, -0.2) is 0 Å². The summed E-state index contributed by atoms with van der Waals surface area (Å²) in [5.74, 6) is 0.542. The van der Waals surface area contributed by atoms with Gasteiger partial charge >= 0.3 is 0 Å². The molecule has 1 heterocycles. The Balaban J connectivity index is 2.47. The number of thioether (sulfide) groups is 1. The van der Waals surface area contributed by atoms with E-state index in [4.69, 9.17) is 0 Å². The van der Waals surface area contributed by atoms with Gasteiger partial charge in [-0.2, -0.15) is 0 Å². The minimum atomic E-state index is 0.542. The van der Waals surface area contributed by atoms with Gasteiger partial charge in [0.15, 0.2) is 0 Å². The molecule has 1 N–H and O–H groups in total. The lowest BCUT2D eigenvalue weighted by atomic mass is 10.1. The zero-order valence-corrected chi connectivity index (χ0v) is 13.0. The van der Waals surface area contributed by atoms with Crippen LogP contribution in [0.4, 0.5) is 0 Å².